The number of nitrogens with one attached hydrogen (secondary N) is 2. The van der Waals surface area contributed by atoms with Crippen LogP contribution in [0, 0.1) is 11.7 Å². The molecule has 1 saturated heterocycles. The van der Waals surface area contributed by atoms with E-state index in [1.807, 2.05) is 48.7 Å². The lowest BCUT2D eigenvalue weighted by Gasteiger charge is -2.30. The maximum absolute atomic E-state index is 16.4. The second kappa shape index (κ2) is 13.6. The molecule has 51 heavy (non-hydrogen) atoms. The molecule has 0 aliphatic carbocycles. The topological polar surface area (TPSA) is 111 Å². The normalized spacial score (nSPS) is 17.7. The van der Waals surface area contributed by atoms with Gasteiger partial charge in [-0.25, -0.2) is 14.2 Å². The fourth-order valence-electron chi connectivity index (χ4n) is 7.05. The van der Waals surface area contributed by atoms with E-state index in [4.69, 9.17) is 25.8 Å². The number of rotatable bonds is 9. The highest BCUT2D eigenvalue weighted by Crippen LogP contribution is 2.48. The quantitative estimate of drug-likeness (QED) is 0.157. The third-order valence-electron chi connectivity index (χ3n) is 9.81. The maximum atomic E-state index is 16.4. The Balaban J connectivity index is 1.24. The molecule has 7 rings (SSSR count). The van der Waals surface area contributed by atoms with E-state index in [0.717, 1.165) is 33.5 Å². The summed E-state index contributed by atoms with van der Waals surface area (Å²) in [6.45, 7) is 8.39. The zero-order chi connectivity index (χ0) is 36.2. The summed E-state index contributed by atoms with van der Waals surface area (Å²) in [6, 6.07) is 14.0. The molecule has 2 aromatic carbocycles. The van der Waals surface area contributed by atoms with Crippen LogP contribution in [0.5, 0.6) is 5.75 Å². The number of ether oxygens (including phenoxy) is 3. The Hall–Kier alpha value is -4.39. The molecule has 5 aromatic rings. The number of halogens is 2. The lowest BCUT2D eigenvalue weighted by Crippen LogP contribution is -2.51. The van der Waals surface area contributed by atoms with Gasteiger partial charge in [-0.15, -0.1) is 11.3 Å². The van der Waals surface area contributed by atoms with Gasteiger partial charge in [-0.1, -0.05) is 25.4 Å². The molecule has 2 N–H and O–H groups in total. The lowest BCUT2D eigenvalue weighted by atomic mass is 10.0. The Morgan fingerprint density at radius 2 is 1.98 bits per heavy atom. The molecule has 5 heterocycles. The number of nitrogens with zero attached hydrogens (tertiary/aromatic N) is 3. The number of imidazole rings is 1. The second-order valence-electron chi connectivity index (χ2n) is 14.1. The van der Waals surface area contributed by atoms with Crippen LogP contribution in [0.3, 0.4) is 0 Å². The summed E-state index contributed by atoms with van der Waals surface area (Å²) < 4.78 is 35.6. The molecular formula is C38H41ClFN5O5S. The van der Waals surface area contributed by atoms with Crippen molar-refractivity contribution in [2.24, 2.45) is 5.92 Å². The van der Waals surface area contributed by atoms with E-state index in [9.17, 15) is 9.59 Å². The van der Waals surface area contributed by atoms with Gasteiger partial charge in [-0.3, -0.25) is 9.36 Å². The molecule has 2 amide bonds. The highest BCUT2D eigenvalue weighted by molar-refractivity contribution is 7.12. The van der Waals surface area contributed by atoms with Gasteiger partial charge in [0.25, 0.3) is 0 Å². The van der Waals surface area contributed by atoms with Crippen LogP contribution in [0.15, 0.2) is 54.7 Å². The Kier molecular flexibility index (Phi) is 9.36. The number of hydrogen-bond acceptors (Lipinski definition) is 7. The molecule has 2 aliphatic rings. The summed E-state index contributed by atoms with van der Waals surface area (Å²) in [5.41, 5.74) is 2.77. The third-order valence-corrected chi connectivity index (χ3v) is 11.2. The number of alkyl carbamates (subject to hydrolysis) is 1. The SMILES string of the molecule is COC(=O)NC(C(=O)N1CCCC1c1ncc(-c2cc(F)c3c(c2)OC(c2ccc(CC(C)(C)OC)s2)n2c-3cc3cc(Cl)ccc32)[nH]1)C(C)C. The number of H-pyrrole nitrogens is 1. The molecule has 268 valence electrons. The minimum atomic E-state index is -0.746. The molecule has 3 atom stereocenters. The number of amides is 2. The van der Waals surface area contributed by atoms with Crippen molar-refractivity contribution in [3.8, 4) is 28.3 Å². The molecule has 0 bridgehead atoms. The number of hydrogen-bond donors (Lipinski definition) is 2. The van der Waals surface area contributed by atoms with E-state index in [0.29, 0.717) is 52.1 Å². The van der Waals surface area contributed by atoms with Crippen LogP contribution in [-0.2, 0) is 20.7 Å². The predicted octanol–water partition coefficient (Wildman–Crippen LogP) is 8.50. The highest BCUT2D eigenvalue weighted by Gasteiger charge is 2.38. The first kappa shape index (κ1) is 35.0. The van der Waals surface area contributed by atoms with Crippen molar-refractivity contribution in [1.29, 1.82) is 0 Å². The fraction of sp³-hybridized carbons (Fsp3) is 0.395. The van der Waals surface area contributed by atoms with E-state index in [-0.39, 0.29) is 23.5 Å². The van der Waals surface area contributed by atoms with Gasteiger partial charge >= 0.3 is 6.09 Å². The monoisotopic (exact) mass is 733 g/mol. The minimum absolute atomic E-state index is 0.152. The first-order chi connectivity index (χ1) is 24.4. The number of aromatic nitrogens is 3. The van der Waals surface area contributed by atoms with E-state index < -0.39 is 24.2 Å². The van der Waals surface area contributed by atoms with Crippen LogP contribution in [0.1, 0.15) is 68.4 Å². The van der Waals surface area contributed by atoms with Crippen LogP contribution in [0.2, 0.25) is 5.02 Å². The number of carbonyl (C=O) groups excluding carboxylic acids is 2. The van der Waals surface area contributed by atoms with Crippen LogP contribution in [0.25, 0.3) is 33.4 Å². The largest absolute Gasteiger partial charge is 0.464 e. The summed E-state index contributed by atoms with van der Waals surface area (Å²) >= 11 is 8.03. The molecule has 13 heteroatoms. The maximum Gasteiger partial charge on any atom is 0.407 e. The number of fused-ring (bicyclic) bond motifs is 5. The van der Waals surface area contributed by atoms with Gasteiger partial charge in [0.1, 0.15) is 23.4 Å². The van der Waals surface area contributed by atoms with Crippen LogP contribution in [-0.4, -0.2) is 63.8 Å². The predicted molar refractivity (Wildman–Crippen MR) is 196 cm³/mol. The van der Waals surface area contributed by atoms with Gasteiger partial charge in [0.15, 0.2) is 0 Å². The number of thiophene rings is 1. The van der Waals surface area contributed by atoms with E-state index >= 15 is 4.39 Å². The summed E-state index contributed by atoms with van der Waals surface area (Å²) in [5.74, 6) is 0.212. The third kappa shape index (κ3) is 6.60. The van der Waals surface area contributed by atoms with E-state index in [1.54, 1.807) is 29.5 Å². The summed E-state index contributed by atoms with van der Waals surface area (Å²) in [6.07, 6.45) is 2.67. The molecule has 2 aliphatic heterocycles. The fourth-order valence-corrected chi connectivity index (χ4v) is 8.48. The Morgan fingerprint density at radius 1 is 1.18 bits per heavy atom. The molecule has 3 unspecified atom stereocenters. The first-order valence-electron chi connectivity index (χ1n) is 17.0. The average Bonchev–Trinajstić information content (AvgIpc) is 3.91. The molecular weight excluding hydrogens is 693 g/mol. The molecule has 0 saturated carbocycles. The summed E-state index contributed by atoms with van der Waals surface area (Å²) in [7, 11) is 2.98. The Bertz CT molecular complexity index is 2120. The number of benzene rings is 2. The standard InChI is InChI=1S/C38H41ClFN5O5S/c1-20(2)33(43-37(47)48-5)35(46)44-13-7-8-28(44)34-41-19-26(42-34)21-15-25(40)32-29-16-22-14-23(39)9-11-27(22)45(29)36(50-30(32)17-21)31-12-10-24(51-31)18-38(3,4)49-6/h9-12,14-17,19-20,28,33,36H,7-8,13,18H2,1-6H3,(H,41,42)(H,43,47). The zero-order valence-corrected chi connectivity index (χ0v) is 31.0. The molecule has 1 fully saturated rings. The van der Waals surface area contributed by atoms with Crippen molar-refractivity contribution in [3.05, 3.63) is 81.1 Å². The number of aromatic amines is 1. The molecule has 10 nitrogen and oxygen atoms in total. The Morgan fingerprint density at radius 3 is 2.73 bits per heavy atom. The highest BCUT2D eigenvalue weighted by atomic mass is 35.5. The van der Waals surface area contributed by atoms with Crippen molar-refractivity contribution in [2.75, 3.05) is 20.8 Å². The van der Waals surface area contributed by atoms with Crippen LogP contribution >= 0.6 is 22.9 Å². The summed E-state index contributed by atoms with van der Waals surface area (Å²) in [5, 5.41) is 4.15. The summed E-state index contributed by atoms with van der Waals surface area (Å²) in [4.78, 5) is 37.5. The first-order valence-corrected chi connectivity index (χ1v) is 18.2. The molecule has 0 spiro atoms. The van der Waals surface area contributed by atoms with Crippen molar-refractivity contribution in [2.45, 2.75) is 70.9 Å². The van der Waals surface area contributed by atoms with Gasteiger partial charge in [0.05, 0.1) is 52.3 Å². The average molecular weight is 734 g/mol. The lowest BCUT2D eigenvalue weighted by molar-refractivity contribution is -0.135. The molecule has 0 radical (unpaired) electrons. The van der Waals surface area contributed by atoms with Crippen molar-refractivity contribution < 1.29 is 28.2 Å². The number of carbonyl (C=O) groups is 2. The molecule has 3 aromatic heterocycles. The van der Waals surface area contributed by atoms with Gasteiger partial charge < -0.3 is 29.4 Å². The van der Waals surface area contributed by atoms with Crippen LogP contribution in [0.4, 0.5) is 9.18 Å². The minimum Gasteiger partial charge on any atom is -0.464 e. The zero-order valence-electron chi connectivity index (χ0n) is 29.4. The van der Waals surface area contributed by atoms with Crippen molar-refractivity contribution in [1.82, 2.24) is 24.8 Å². The van der Waals surface area contributed by atoms with Gasteiger partial charge in [0.2, 0.25) is 12.1 Å². The number of methoxy groups -OCH3 is 2. The number of likely N-dealkylation sites (tertiary alicyclic amines) is 1. The smallest absolute Gasteiger partial charge is 0.407 e. The van der Waals surface area contributed by atoms with Crippen LogP contribution < -0.4 is 10.1 Å². The van der Waals surface area contributed by atoms with Crippen molar-refractivity contribution in [3.63, 3.8) is 0 Å². The van der Waals surface area contributed by atoms with Crippen molar-refractivity contribution >= 4 is 45.8 Å². The van der Waals surface area contributed by atoms with E-state index in [1.165, 1.54) is 13.2 Å². The van der Waals surface area contributed by atoms with Gasteiger partial charge in [-0.05, 0) is 81.1 Å². The van der Waals surface area contributed by atoms with Gasteiger partial charge in [-0.2, -0.15) is 0 Å². The van der Waals surface area contributed by atoms with E-state index in [2.05, 4.69) is 41.3 Å². The second-order valence-corrected chi connectivity index (χ2v) is 15.7. The van der Waals surface area contributed by atoms with Gasteiger partial charge in [0, 0.05) is 40.9 Å². The Labute approximate surface area is 304 Å².